The van der Waals surface area contributed by atoms with Gasteiger partial charge in [0.1, 0.15) is 5.75 Å². The van der Waals surface area contributed by atoms with Crippen molar-refractivity contribution in [2.45, 2.75) is 6.92 Å². The van der Waals surface area contributed by atoms with E-state index >= 15 is 0 Å². The Kier molecular flexibility index (Phi) is 4.57. The third-order valence-electron chi connectivity index (χ3n) is 2.89. The summed E-state index contributed by atoms with van der Waals surface area (Å²) in [5.74, 6) is 6.09. The number of Topliss-reactive ketones (excluding diaryl/α,β-unsaturated/α-hetero) is 1. The number of ether oxygens (including phenoxy) is 2. The molecule has 4 nitrogen and oxygen atoms in total. The number of carbonyl (C=O) groups is 1. The summed E-state index contributed by atoms with van der Waals surface area (Å²) in [5.41, 5.74) is 2.20. The Morgan fingerprint density at radius 2 is 1.86 bits per heavy atom. The van der Waals surface area contributed by atoms with E-state index in [0.717, 1.165) is 5.56 Å². The number of hydrogen-bond donors (Lipinski definition) is 0. The molecular formula is C17H15NO3. The maximum absolute atomic E-state index is 12.0. The van der Waals surface area contributed by atoms with Gasteiger partial charge in [-0.05, 0) is 12.8 Å². The number of aromatic nitrogens is 1. The van der Waals surface area contributed by atoms with Crippen LogP contribution in [0.3, 0.4) is 0 Å². The standard InChI is InChI=1S/C17H15NO3/c1-12-4-6-13(7-5-12)15(19)9-8-14-11-18-17(21-3)10-16(14)20-2/h4-7,10-11H,1-3H3. The van der Waals surface area contributed by atoms with Crippen LogP contribution in [0, 0.1) is 18.8 Å². The molecule has 0 saturated carbocycles. The average molecular weight is 281 g/mol. The molecule has 106 valence electrons. The van der Waals surface area contributed by atoms with Crippen molar-refractivity contribution in [3.05, 3.63) is 53.2 Å². The second-order valence-corrected chi connectivity index (χ2v) is 4.37. The van der Waals surface area contributed by atoms with Gasteiger partial charge < -0.3 is 9.47 Å². The number of pyridine rings is 1. The van der Waals surface area contributed by atoms with E-state index in [4.69, 9.17) is 9.47 Å². The molecule has 0 saturated heterocycles. The summed E-state index contributed by atoms with van der Waals surface area (Å²) < 4.78 is 10.2. The lowest BCUT2D eigenvalue weighted by atomic mass is 10.1. The van der Waals surface area contributed by atoms with Crippen LogP contribution in [0.25, 0.3) is 0 Å². The molecule has 21 heavy (non-hydrogen) atoms. The van der Waals surface area contributed by atoms with Gasteiger partial charge >= 0.3 is 0 Å². The number of aryl methyl sites for hydroxylation is 1. The molecule has 0 aliphatic rings. The van der Waals surface area contributed by atoms with Gasteiger partial charge in [-0.25, -0.2) is 4.98 Å². The van der Waals surface area contributed by atoms with Crippen molar-refractivity contribution in [3.63, 3.8) is 0 Å². The van der Waals surface area contributed by atoms with Gasteiger partial charge in [0, 0.05) is 11.6 Å². The number of nitrogens with zero attached hydrogens (tertiary/aromatic N) is 1. The molecule has 1 heterocycles. The number of methoxy groups -OCH3 is 2. The summed E-state index contributed by atoms with van der Waals surface area (Å²) >= 11 is 0. The van der Waals surface area contributed by atoms with Crippen molar-refractivity contribution in [2.75, 3.05) is 14.2 Å². The maximum Gasteiger partial charge on any atom is 0.236 e. The maximum atomic E-state index is 12.0. The van der Waals surface area contributed by atoms with E-state index in [1.54, 1.807) is 18.2 Å². The first-order valence-electron chi connectivity index (χ1n) is 6.35. The molecule has 0 atom stereocenters. The SMILES string of the molecule is COc1cc(OC)c(C#CC(=O)c2ccc(C)cc2)cn1. The summed E-state index contributed by atoms with van der Waals surface area (Å²) in [6.45, 7) is 1.97. The molecular weight excluding hydrogens is 266 g/mol. The largest absolute Gasteiger partial charge is 0.495 e. The predicted molar refractivity (Wildman–Crippen MR) is 79.7 cm³/mol. The highest BCUT2D eigenvalue weighted by Gasteiger charge is 2.05. The highest BCUT2D eigenvalue weighted by molar-refractivity contribution is 6.09. The van der Waals surface area contributed by atoms with E-state index in [0.29, 0.717) is 22.8 Å². The zero-order valence-corrected chi connectivity index (χ0v) is 12.1. The van der Waals surface area contributed by atoms with E-state index in [2.05, 4.69) is 16.8 Å². The van der Waals surface area contributed by atoms with Crippen molar-refractivity contribution in [3.8, 4) is 23.5 Å². The second-order valence-electron chi connectivity index (χ2n) is 4.37. The minimum Gasteiger partial charge on any atom is -0.495 e. The average Bonchev–Trinajstić information content (AvgIpc) is 2.53. The Hall–Kier alpha value is -2.80. The fourth-order valence-corrected chi connectivity index (χ4v) is 1.69. The van der Waals surface area contributed by atoms with Crippen LogP contribution in [-0.4, -0.2) is 25.0 Å². The van der Waals surface area contributed by atoms with Crippen LogP contribution in [0.2, 0.25) is 0 Å². The molecule has 0 amide bonds. The highest BCUT2D eigenvalue weighted by atomic mass is 16.5. The number of carbonyl (C=O) groups excluding carboxylic acids is 1. The van der Waals surface area contributed by atoms with E-state index in [1.165, 1.54) is 20.4 Å². The van der Waals surface area contributed by atoms with E-state index in [1.807, 2.05) is 19.1 Å². The third-order valence-corrected chi connectivity index (χ3v) is 2.89. The molecule has 0 radical (unpaired) electrons. The Labute approximate surface area is 123 Å². The minimum atomic E-state index is -0.243. The van der Waals surface area contributed by atoms with Crippen molar-refractivity contribution in [1.82, 2.24) is 4.98 Å². The first-order valence-corrected chi connectivity index (χ1v) is 6.35. The van der Waals surface area contributed by atoms with Crippen LogP contribution in [0.15, 0.2) is 36.5 Å². The van der Waals surface area contributed by atoms with E-state index in [9.17, 15) is 4.79 Å². The Balaban J connectivity index is 2.26. The van der Waals surface area contributed by atoms with Gasteiger partial charge in [0.2, 0.25) is 11.7 Å². The Morgan fingerprint density at radius 1 is 1.14 bits per heavy atom. The first kappa shape index (κ1) is 14.6. The molecule has 1 aromatic carbocycles. The molecule has 2 aromatic rings. The van der Waals surface area contributed by atoms with Crippen molar-refractivity contribution >= 4 is 5.78 Å². The van der Waals surface area contributed by atoms with Gasteiger partial charge in [-0.15, -0.1) is 0 Å². The van der Waals surface area contributed by atoms with Gasteiger partial charge in [-0.2, -0.15) is 0 Å². The van der Waals surface area contributed by atoms with Gasteiger partial charge in [0.25, 0.3) is 0 Å². The van der Waals surface area contributed by atoms with E-state index < -0.39 is 0 Å². The molecule has 0 aliphatic heterocycles. The third kappa shape index (κ3) is 3.61. The van der Waals surface area contributed by atoms with Crippen molar-refractivity contribution < 1.29 is 14.3 Å². The van der Waals surface area contributed by atoms with Crippen molar-refractivity contribution in [2.24, 2.45) is 0 Å². The summed E-state index contributed by atoms with van der Waals surface area (Å²) in [7, 11) is 3.05. The quantitative estimate of drug-likeness (QED) is 0.641. The first-order chi connectivity index (χ1) is 10.1. The van der Waals surface area contributed by atoms with Gasteiger partial charge in [0.05, 0.1) is 26.0 Å². The smallest absolute Gasteiger partial charge is 0.236 e. The van der Waals surface area contributed by atoms with Crippen molar-refractivity contribution in [1.29, 1.82) is 0 Å². The Morgan fingerprint density at radius 3 is 2.48 bits per heavy atom. The molecule has 0 fully saturated rings. The lowest BCUT2D eigenvalue weighted by molar-refractivity contribution is 0.105. The van der Waals surface area contributed by atoms with Crippen LogP contribution < -0.4 is 9.47 Å². The van der Waals surface area contributed by atoms with Crippen LogP contribution in [-0.2, 0) is 0 Å². The van der Waals surface area contributed by atoms with Crippen LogP contribution in [0.1, 0.15) is 21.5 Å². The zero-order chi connectivity index (χ0) is 15.2. The molecule has 2 rings (SSSR count). The number of rotatable bonds is 3. The second kappa shape index (κ2) is 6.58. The monoisotopic (exact) mass is 281 g/mol. The molecule has 0 aliphatic carbocycles. The Bertz CT molecular complexity index is 709. The van der Waals surface area contributed by atoms with Gasteiger partial charge in [-0.3, -0.25) is 4.79 Å². The molecule has 0 N–H and O–H groups in total. The van der Waals surface area contributed by atoms with Gasteiger partial charge in [-0.1, -0.05) is 35.7 Å². The summed E-state index contributed by atoms with van der Waals surface area (Å²) in [5, 5.41) is 0. The molecule has 0 spiro atoms. The van der Waals surface area contributed by atoms with E-state index in [-0.39, 0.29) is 5.78 Å². The fraction of sp³-hybridized carbons (Fsp3) is 0.176. The number of benzene rings is 1. The number of hydrogen-bond acceptors (Lipinski definition) is 4. The molecule has 0 bridgehead atoms. The normalized spacial score (nSPS) is 9.48. The lowest BCUT2D eigenvalue weighted by Gasteiger charge is -2.04. The summed E-state index contributed by atoms with van der Waals surface area (Å²) in [4.78, 5) is 16.0. The van der Waals surface area contributed by atoms with Crippen LogP contribution >= 0.6 is 0 Å². The van der Waals surface area contributed by atoms with Crippen LogP contribution in [0.4, 0.5) is 0 Å². The summed E-state index contributed by atoms with van der Waals surface area (Å²) in [6.07, 6.45) is 1.52. The topological polar surface area (TPSA) is 48.4 Å². The fourth-order valence-electron chi connectivity index (χ4n) is 1.69. The highest BCUT2D eigenvalue weighted by Crippen LogP contribution is 2.20. The minimum absolute atomic E-state index is 0.243. The predicted octanol–water partition coefficient (Wildman–Crippen LogP) is 2.64. The number of ketones is 1. The lowest BCUT2D eigenvalue weighted by Crippen LogP contribution is -1.96. The molecule has 0 unspecified atom stereocenters. The van der Waals surface area contributed by atoms with Gasteiger partial charge in [0.15, 0.2) is 0 Å². The van der Waals surface area contributed by atoms with Crippen LogP contribution in [0.5, 0.6) is 11.6 Å². The zero-order valence-electron chi connectivity index (χ0n) is 12.1. The summed E-state index contributed by atoms with van der Waals surface area (Å²) in [6, 6.07) is 8.90. The molecule has 1 aromatic heterocycles. The molecule has 4 heteroatoms.